The fraction of sp³-hybridized carbons (Fsp3) is 0.500. The van der Waals surface area contributed by atoms with Crippen molar-refractivity contribution in [3.8, 4) is 11.4 Å². The first-order chi connectivity index (χ1) is 11.2. The number of halogens is 2. The Morgan fingerprint density at radius 2 is 2.12 bits per heavy atom. The topological polar surface area (TPSA) is 92.9 Å². The SMILES string of the molecule is CC1CCNCC1NC(=O)CCc1nc(-c2ccncc2)no1.Cl.Cl. The number of pyridine rings is 1. The van der Waals surface area contributed by atoms with E-state index in [4.69, 9.17) is 4.52 Å². The summed E-state index contributed by atoms with van der Waals surface area (Å²) >= 11 is 0. The zero-order valence-corrected chi connectivity index (χ0v) is 15.6. The normalized spacial score (nSPS) is 19.4. The molecule has 138 valence electrons. The number of amides is 1. The number of hydrogen-bond donors (Lipinski definition) is 2. The van der Waals surface area contributed by atoms with E-state index < -0.39 is 0 Å². The highest BCUT2D eigenvalue weighted by Crippen LogP contribution is 2.15. The van der Waals surface area contributed by atoms with Gasteiger partial charge in [0.25, 0.3) is 0 Å². The average Bonchev–Trinajstić information content (AvgIpc) is 3.05. The summed E-state index contributed by atoms with van der Waals surface area (Å²) in [7, 11) is 0. The quantitative estimate of drug-likeness (QED) is 0.814. The van der Waals surface area contributed by atoms with Gasteiger partial charge < -0.3 is 15.2 Å². The van der Waals surface area contributed by atoms with Crippen LogP contribution in [0.3, 0.4) is 0 Å². The maximum absolute atomic E-state index is 12.1. The number of rotatable bonds is 5. The molecule has 1 aliphatic rings. The van der Waals surface area contributed by atoms with Crippen molar-refractivity contribution >= 4 is 30.7 Å². The third-order valence-electron chi connectivity index (χ3n) is 4.15. The molecule has 1 aliphatic heterocycles. The van der Waals surface area contributed by atoms with Gasteiger partial charge in [0.1, 0.15) is 0 Å². The average molecular weight is 388 g/mol. The van der Waals surface area contributed by atoms with Crippen LogP contribution in [0.5, 0.6) is 0 Å². The molecule has 0 aromatic carbocycles. The Hall–Kier alpha value is -1.70. The monoisotopic (exact) mass is 387 g/mol. The third kappa shape index (κ3) is 5.95. The maximum Gasteiger partial charge on any atom is 0.227 e. The van der Waals surface area contributed by atoms with E-state index in [9.17, 15) is 4.79 Å². The molecule has 2 atom stereocenters. The van der Waals surface area contributed by atoms with Crippen LogP contribution in [0.1, 0.15) is 25.7 Å². The van der Waals surface area contributed by atoms with Crippen LogP contribution in [-0.4, -0.2) is 40.2 Å². The van der Waals surface area contributed by atoms with Gasteiger partial charge in [0.05, 0.1) is 0 Å². The Morgan fingerprint density at radius 1 is 1.36 bits per heavy atom. The Labute approximate surface area is 159 Å². The first-order valence-electron chi connectivity index (χ1n) is 7.95. The second-order valence-electron chi connectivity index (χ2n) is 5.89. The molecule has 0 radical (unpaired) electrons. The smallest absolute Gasteiger partial charge is 0.227 e. The lowest BCUT2D eigenvalue weighted by Gasteiger charge is -2.30. The van der Waals surface area contributed by atoms with Gasteiger partial charge in [-0.2, -0.15) is 4.98 Å². The second kappa shape index (κ2) is 10.3. The number of aromatic nitrogens is 3. The number of carbonyl (C=O) groups is 1. The van der Waals surface area contributed by atoms with Crippen LogP contribution in [0, 0.1) is 5.92 Å². The number of nitrogens with zero attached hydrogens (tertiary/aromatic N) is 3. The van der Waals surface area contributed by atoms with Crippen LogP contribution in [0.15, 0.2) is 29.0 Å². The largest absolute Gasteiger partial charge is 0.352 e. The van der Waals surface area contributed by atoms with Gasteiger partial charge >= 0.3 is 0 Å². The number of aryl methyl sites for hydroxylation is 1. The van der Waals surface area contributed by atoms with E-state index in [1.54, 1.807) is 12.4 Å². The maximum atomic E-state index is 12.1. The molecule has 0 aliphatic carbocycles. The van der Waals surface area contributed by atoms with Crippen molar-refractivity contribution in [2.45, 2.75) is 32.2 Å². The molecule has 0 spiro atoms. The molecule has 25 heavy (non-hydrogen) atoms. The number of hydrogen-bond acceptors (Lipinski definition) is 6. The van der Waals surface area contributed by atoms with Crippen LogP contribution >= 0.6 is 24.8 Å². The van der Waals surface area contributed by atoms with Gasteiger partial charge in [-0.25, -0.2) is 0 Å². The minimum Gasteiger partial charge on any atom is -0.352 e. The Kier molecular flexibility index (Phi) is 8.82. The molecule has 2 aromatic rings. The lowest BCUT2D eigenvalue weighted by atomic mass is 9.95. The molecule has 9 heteroatoms. The van der Waals surface area contributed by atoms with Crippen molar-refractivity contribution in [3.63, 3.8) is 0 Å². The molecule has 2 aromatic heterocycles. The highest BCUT2D eigenvalue weighted by molar-refractivity contribution is 5.85. The van der Waals surface area contributed by atoms with E-state index in [2.05, 4.69) is 32.7 Å². The van der Waals surface area contributed by atoms with Gasteiger partial charge in [0.2, 0.25) is 17.6 Å². The summed E-state index contributed by atoms with van der Waals surface area (Å²) in [5.41, 5.74) is 0.849. The molecule has 0 saturated carbocycles. The number of piperidine rings is 1. The fourth-order valence-electron chi connectivity index (χ4n) is 2.66. The molecule has 2 unspecified atom stereocenters. The van der Waals surface area contributed by atoms with Gasteiger partial charge in [0, 0.05) is 43.4 Å². The van der Waals surface area contributed by atoms with Crippen LogP contribution in [0.2, 0.25) is 0 Å². The fourth-order valence-corrected chi connectivity index (χ4v) is 2.66. The summed E-state index contributed by atoms with van der Waals surface area (Å²) < 4.78 is 5.21. The van der Waals surface area contributed by atoms with Crippen molar-refractivity contribution in [1.29, 1.82) is 0 Å². The predicted molar refractivity (Wildman–Crippen MR) is 98.9 cm³/mol. The van der Waals surface area contributed by atoms with Gasteiger partial charge in [-0.15, -0.1) is 24.8 Å². The summed E-state index contributed by atoms with van der Waals surface area (Å²) in [5, 5.41) is 10.3. The van der Waals surface area contributed by atoms with E-state index in [0.717, 1.165) is 25.1 Å². The first-order valence-corrected chi connectivity index (χ1v) is 7.95. The van der Waals surface area contributed by atoms with Crippen molar-refractivity contribution in [3.05, 3.63) is 30.4 Å². The summed E-state index contributed by atoms with van der Waals surface area (Å²) in [5.74, 6) is 1.52. The van der Waals surface area contributed by atoms with E-state index in [0.29, 0.717) is 30.5 Å². The molecular weight excluding hydrogens is 365 g/mol. The molecule has 1 fully saturated rings. The molecule has 7 nitrogen and oxygen atoms in total. The van der Waals surface area contributed by atoms with Crippen molar-refractivity contribution in [2.24, 2.45) is 5.92 Å². The molecule has 2 N–H and O–H groups in total. The van der Waals surface area contributed by atoms with Gasteiger partial charge in [-0.3, -0.25) is 9.78 Å². The lowest BCUT2D eigenvalue weighted by Crippen LogP contribution is -2.50. The zero-order valence-electron chi connectivity index (χ0n) is 14.0. The summed E-state index contributed by atoms with van der Waals surface area (Å²) in [6, 6.07) is 3.84. The molecule has 0 bridgehead atoms. The minimum absolute atomic E-state index is 0. The van der Waals surface area contributed by atoms with Gasteiger partial charge in [-0.1, -0.05) is 12.1 Å². The highest BCUT2D eigenvalue weighted by atomic mass is 35.5. The van der Waals surface area contributed by atoms with Crippen LogP contribution < -0.4 is 10.6 Å². The summed E-state index contributed by atoms with van der Waals surface area (Å²) in [6.45, 7) is 4.03. The first kappa shape index (κ1) is 21.3. The van der Waals surface area contributed by atoms with Crippen molar-refractivity contribution in [2.75, 3.05) is 13.1 Å². The van der Waals surface area contributed by atoms with Gasteiger partial charge in [0.15, 0.2) is 0 Å². The lowest BCUT2D eigenvalue weighted by molar-refractivity contribution is -0.122. The molecule has 1 saturated heterocycles. The Balaban J connectivity index is 0.00000156. The van der Waals surface area contributed by atoms with Crippen molar-refractivity contribution < 1.29 is 9.32 Å². The molecule has 3 heterocycles. The van der Waals surface area contributed by atoms with Crippen LogP contribution in [0.25, 0.3) is 11.4 Å². The number of carbonyl (C=O) groups excluding carboxylic acids is 1. The third-order valence-corrected chi connectivity index (χ3v) is 4.15. The van der Waals surface area contributed by atoms with Gasteiger partial charge in [-0.05, 0) is 31.0 Å². The Bertz CT molecular complexity index is 653. The van der Waals surface area contributed by atoms with Crippen LogP contribution in [-0.2, 0) is 11.2 Å². The highest BCUT2D eigenvalue weighted by Gasteiger charge is 2.22. The standard InChI is InChI=1S/C16H21N5O2.2ClH/c1-11-4-7-18-10-13(11)19-14(22)2-3-15-20-16(21-23-15)12-5-8-17-9-6-12;;/h5-6,8-9,11,13,18H,2-4,7,10H2,1H3,(H,19,22);2*1H. The van der Waals surface area contributed by atoms with E-state index in [-0.39, 0.29) is 36.8 Å². The summed E-state index contributed by atoms with van der Waals surface area (Å²) in [4.78, 5) is 20.3. The van der Waals surface area contributed by atoms with E-state index in [1.165, 1.54) is 0 Å². The molecular formula is C16H23Cl2N5O2. The second-order valence-corrected chi connectivity index (χ2v) is 5.89. The Morgan fingerprint density at radius 3 is 2.84 bits per heavy atom. The minimum atomic E-state index is 0. The summed E-state index contributed by atoms with van der Waals surface area (Å²) in [6.07, 6.45) is 5.24. The number of nitrogens with one attached hydrogen (secondary N) is 2. The van der Waals surface area contributed by atoms with Crippen LogP contribution in [0.4, 0.5) is 0 Å². The van der Waals surface area contributed by atoms with E-state index in [1.807, 2.05) is 12.1 Å². The predicted octanol–water partition coefficient (Wildman–Crippen LogP) is 2.02. The molecule has 1 amide bonds. The molecule has 3 rings (SSSR count). The van der Waals surface area contributed by atoms with E-state index >= 15 is 0 Å². The zero-order chi connectivity index (χ0) is 16.1. The van der Waals surface area contributed by atoms with Crippen molar-refractivity contribution in [1.82, 2.24) is 25.8 Å².